The smallest absolute Gasteiger partial charge is 0.288 e. The Morgan fingerprint density at radius 2 is 2.42 bits per heavy atom. The van der Waals surface area contributed by atoms with Crippen LogP contribution in [0.25, 0.3) is 0 Å². The summed E-state index contributed by atoms with van der Waals surface area (Å²) in [6.45, 7) is 0.460. The van der Waals surface area contributed by atoms with E-state index >= 15 is 0 Å². The van der Waals surface area contributed by atoms with E-state index < -0.39 is 4.92 Å². The van der Waals surface area contributed by atoms with Crippen molar-refractivity contribution in [3.05, 3.63) is 27.9 Å². The van der Waals surface area contributed by atoms with E-state index in [4.69, 9.17) is 15.7 Å². The van der Waals surface area contributed by atoms with Crippen LogP contribution in [0.5, 0.6) is 5.88 Å². The van der Waals surface area contributed by atoms with Gasteiger partial charge in [-0.2, -0.15) is 0 Å². The van der Waals surface area contributed by atoms with E-state index in [1.54, 1.807) is 0 Å². The molecule has 19 heavy (non-hydrogen) atoms. The summed E-state index contributed by atoms with van der Waals surface area (Å²) in [5.74, 6) is 0.574. The van der Waals surface area contributed by atoms with Crippen LogP contribution in [0.15, 0.2) is 17.4 Å². The van der Waals surface area contributed by atoms with Gasteiger partial charge in [-0.05, 0) is 12.3 Å². The number of hydrogen-bond acceptors (Lipinski definition) is 6. The van der Waals surface area contributed by atoms with Crippen LogP contribution < -0.4 is 10.5 Å². The van der Waals surface area contributed by atoms with Crippen molar-refractivity contribution in [3.8, 4) is 5.88 Å². The lowest BCUT2D eigenvalue weighted by Crippen LogP contribution is -2.16. The third-order valence-corrected chi connectivity index (χ3v) is 2.89. The van der Waals surface area contributed by atoms with Gasteiger partial charge >= 0.3 is 0 Å². The molecule has 0 aliphatic heterocycles. The first-order chi connectivity index (χ1) is 9.11. The first kappa shape index (κ1) is 13.1. The van der Waals surface area contributed by atoms with Crippen molar-refractivity contribution in [2.45, 2.75) is 19.3 Å². The van der Waals surface area contributed by atoms with Crippen molar-refractivity contribution in [3.63, 3.8) is 0 Å². The molecule has 2 rings (SSSR count). The number of nitro groups is 1. The number of nitrogens with zero attached hydrogens (tertiary/aromatic N) is 3. The number of pyridine rings is 1. The molecule has 0 saturated heterocycles. The summed E-state index contributed by atoms with van der Waals surface area (Å²) in [7, 11) is 0. The molecule has 1 aromatic heterocycles. The summed E-state index contributed by atoms with van der Waals surface area (Å²) < 4.78 is 5.44. The highest BCUT2D eigenvalue weighted by molar-refractivity contribution is 5.99. The Balaban J connectivity index is 2.17. The monoisotopic (exact) mass is 266 g/mol. The number of nitrogens with two attached hydrogens (primary N) is 1. The Hall–Kier alpha value is -2.38. The van der Waals surface area contributed by atoms with Gasteiger partial charge < -0.3 is 15.7 Å². The molecule has 0 unspecified atom stereocenters. The molecule has 102 valence electrons. The largest absolute Gasteiger partial charge is 0.477 e. The maximum Gasteiger partial charge on any atom is 0.288 e. The average molecular weight is 266 g/mol. The number of aromatic nitrogens is 1. The molecule has 1 aliphatic rings. The Morgan fingerprint density at radius 3 is 3.00 bits per heavy atom. The molecule has 8 nitrogen and oxygen atoms in total. The second-order valence-corrected chi connectivity index (χ2v) is 4.37. The first-order valence-electron chi connectivity index (χ1n) is 5.87. The minimum Gasteiger partial charge on any atom is -0.477 e. The van der Waals surface area contributed by atoms with E-state index in [1.807, 2.05) is 0 Å². The summed E-state index contributed by atoms with van der Waals surface area (Å²) in [5.41, 5.74) is 5.34. The third kappa shape index (κ3) is 3.30. The highest BCUT2D eigenvalue weighted by Crippen LogP contribution is 2.32. The predicted octanol–water partition coefficient (Wildman–Crippen LogP) is 1.26. The fourth-order valence-corrected chi connectivity index (χ4v) is 1.62. The topological polar surface area (TPSA) is 124 Å². The number of rotatable bonds is 6. The molecule has 0 radical (unpaired) electrons. The Kier molecular flexibility index (Phi) is 3.79. The molecular formula is C11H14N4O4. The van der Waals surface area contributed by atoms with E-state index in [2.05, 4.69) is 10.1 Å². The summed E-state index contributed by atoms with van der Waals surface area (Å²) in [6, 6.07) is 1.18. The van der Waals surface area contributed by atoms with E-state index in [1.165, 1.54) is 18.9 Å². The second kappa shape index (κ2) is 5.51. The molecule has 1 aromatic rings. The average Bonchev–Trinajstić information content (AvgIpc) is 3.22. The van der Waals surface area contributed by atoms with Gasteiger partial charge in [-0.1, -0.05) is 18.0 Å². The van der Waals surface area contributed by atoms with Crippen LogP contribution in [0.2, 0.25) is 0 Å². The second-order valence-electron chi connectivity index (χ2n) is 4.37. The van der Waals surface area contributed by atoms with Crippen LogP contribution in [0.4, 0.5) is 5.69 Å². The van der Waals surface area contributed by atoms with Gasteiger partial charge in [0.2, 0.25) is 5.88 Å². The molecule has 1 fully saturated rings. The van der Waals surface area contributed by atoms with Crippen LogP contribution in [0, 0.1) is 16.0 Å². The SMILES string of the molecule is N/C(=N/O)c1cc([N+](=O)[O-])cnc1OCCC1CC1. The third-order valence-electron chi connectivity index (χ3n) is 2.89. The van der Waals surface area contributed by atoms with Gasteiger partial charge in [0.1, 0.15) is 6.20 Å². The fourth-order valence-electron chi connectivity index (χ4n) is 1.62. The molecule has 0 aromatic carbocycles. The van der Waals surface area contributed by atoms with Crippen molar-refractivity contribution in [1.82, 2.24) is 4.98 Å². The quantitative estimate of drug-likeness (QED) is 0.262. The predicted molar refractivity (Wildman–Crippen MR) is 66.2 cm³/mol. The summed E-state index contributed by atoms with van der Waals surface area (Å²) in [4.78, 5) is 13.9. The van der Waals surface area contributed by atoms with Crippen LogP contribution in [0.1, 0.15) is 24.8 Å². The van der Waals surface area contributed by atoms with Gasteiger partial charge in [-0.15, -0.1) is 0 Å². The van der Waals surface area contributed by atoms with Crippen LogP contribution in [0.3, 0.4) is 0 Å². The summed E-state index contributed by atoms with van der Waals surface area (Å²) in [5, 5.41) is 22.2. The Bertz CT molecular complexity index is 513. The van der Waals surface area contributed by atoms with Crippen molar-refractivity contribution in [1.29, 1.82) is 0 Å². The van der Waals surface area contributed by atoms with Gasteiger partial charge in [-0.25, -0.2) is 4.98 Å². The Labute approximate surface area is 109 Å². The highest BCUT2D eigenvalue weighted by Gasteiger charge is 2.22. The molecule has 1 saturated carbocycles. The molecule has 0 amide bonds. The lowest BCUT2D eigenvalue weighted by molar-refractivity contribution is -0.385. The molecule has 0 atom stereocenters. The zero-order valence-electron chi connectivity index (χ0n) is 10.2. The van der Waals surface area contributed by atoms with Crippen LogP contribution in [-0.2, 0) is 0 Å². The Morgan fingerprint density at radius 1 is 1.68 bits per heavy atom. The molecule has 1 heterocycles. The zero-order valence-corrected chi connectivity index (χ0v) is 10.2. The number of oxime groups is 1. The molecule has 0 bridgehead atoms. The minimum atomic E-state index is -0.602. The maximum atomic E-state index is 10.7. The van der Waals surface area contributed by atoms with Gasteiger partial charge in [0.15, 0.2) is 5.84 Å². The van der Waals surface area contributed by atoms with Crippen molar-refractivity contribution < 1.29 is 14.9 Å². The first-order valence-corrected chi connectivity index (χ1v) is 5.87. The number of amidine groups is 1. The van der Waals surface area contributed by atoms with Crippen molar-refractivity contribution in [2.24, 2.45) is 16.8 Å². The molecule has 8 heteroatoms. The lowest BCUT2D eigenvalue weighted by atomic mass is 10.2. The van der Waals surface area contributed by atoms with Crippen molar-refractivity contribution in [2.75, 3.05) is 6.61 Å². The van der Waals surface area contributed by atoms with E-state index in [9.17, 15) is 10.1 Å². The fraction of sp³-hybridized carbons (Fsp3) is 0.455. The molecule has 0 spiro atoms. The van der Waals surface area contributed by atoms with Crippen LogP contribution >= 0.6 is 0 Å². The number of hydrogen-bond donors (Lipinski definition) is 2. The van der Waals surface area contributed by atoms with Gasteiger partial charge in [0.25, 0.3) is 5.69 Å². The normalized spacial score (nSPS) is 15.3. The summed E-state index contributed by atoms with van der Waals surface area (Å²) >= 11 is 0. The molecule has 1 aliphatic carbocycles. The lowest BCUT2D eigenvalue weighted by Gasteiger charge is -2.08. The molecule has 3 N–H and O–H groups in total. The number of ether oxygens (including phenoxy) is 1. The van der Waals surface area contributed by atoms with Gasteiger partial charge in [0, 0.05) is 6.07 Å². The van der Waals surface area contributed by atoms with Crippen molar-refractivity contribution >= 4 is 11.5 Å². The standard InChI is InChI=1S/C11H14N4O4/c12-10(14-16)9-5-8(15(17)18)6-13-11(9)19-4-3-7-1-2-7/h5-7,16H,1-4H2,(H2,12,14). The molecular weight excluding hydrogens is 252 g/mol. The van der Waals surface area contributed by atoms with E-state index in [0.717, 1.165) is 12.6 Å². The van der Waals surface area contributed by atoms with E-state index in [-0.39, 0.29) is 23.0 Å². The zero-order chi connectivity index (χ0) is 13.8. The summed E-state index contributed by atoms with van der Waals surface area (Å²) in [6.07, 6.45) is 4.42. The minimum absolute atomic E-state index is 0.118. The van der Waals surface area contributed by atoms with E-state index in [0.29, 0.717) is 12.5 Å². The maximum absolute atomic E-state index is 10.7. The van der Waals surface area contributed by atoms with Gasteiger partial charge in [-0.3, -0.25) is 10.1 Å². The highest BCUT2D eigenvalue weighted by atomic mass is 16.6. The van der Waals surface area contributed by atoms with Crippen LogP contribution in [-0.4, -0.2) is 27.6 Å². The van der Waals surface area contributed by atoms with Gasteiger partial charge in [0.05, 0.1) is 17.1 Å².